The molecule has 0 aliphatic rings. The Morgan fingerprint density at radius 1 is 1.47 bits per heavy atom. The predicted molar refractivity (Wildman–Crippen MR) is 75.4 cm³/mol. The number of ether oxygens (including phenoxy) is 1. The monoisotopic (exact) mass is 277 g/mol. The number of amides is 1. The van der Waals surface area contributed by atoms with E-state index in [1.54, 1.807) is 23.9 Å². The summed E-state index contributed by atoms with van der Waals surface area (Å²) in [4.78, 5) is 15.3. The van der Waals surface area contributed by atoms with Crippen LogP contribution in [0.3, 0.4) is 0 Å². The number of rotatable bonds is 6. The number of carbonyl (C=O) groups excluding carboxylic acids is 1. The number of thiazole rings is 1. The van der Waals surface area contributed by atoms with Crippen LogP contribution in [-0.2, 0) is 11.3 Å². The highest BCUT2D eigenvalue weighted by atomic mass is 32.1. The maximum atomic E-state index is 11.1. The average Bonchev–Trinajstić information content (AvgIpc) is 2.96. The minimum atomic E-state index is -0.152. The molecule has 1 aromatic heterocycles. The third-order valence-electron chi connectivity index (χ3n) is 2.44. The predicted octanol–water partition coefficient (Wildman–Crippen LogP) is 1.88. The number of hydrogen-bond donors (Lipinski definition) is 2. The molecule has 0 bridgehead atoms. The lowest BCUT2D eigenvalue weighted by molar-refractivity contribution is -0.122. The normalized spacial score (nSPS) is 9.95. The number of carbonyl (C=O) groups is 1. The standard InChI is InChI=1S/C13H15N3O2S/c1-14-13(17)7-18-12-4-2-3-10(5-12)15-6-11-8-19-9-16-11/h2-5,8-9,15H,6-7H2,1H3,(H,14,17). The van der Waals surface area contributed by atoms with Crippen LogP contribution in [0, 0.1) is 0 Å². The Labute approximate surface area is 115 Å². The van der Waals surface area contributed by atoms with Crippen molar-refractivity contribution >= 4 is 22.9 Å². The molecule has 0 fully saturated rings. The topological polar surface area (TPSA) is 63.2 Å². The van der Waals surface area contributed by atoms with Gasteiger partial charge in [-0.2, -0.15) is 0 Å². The van der Waals surface area contributed by atoms with Crippen LogP contribution in [0.4, 0.5) is 5.69 Å². The van der Waals surface area contributed by atoms with Crippen LogP contribution >= 0.6 is 11.3 Å². The lowest BCUT2D eigenvalue weighted by Gasteiger charge is -2.08. The minimum Gasteiger partial charge on any atom is -0.484 e. The number of anilines is 1. The van der Waals surface area contributed by atoms with Crippen LogP contribution in [-0.4, -0.2) is 24.5 Å². The van der Waals surface area contributed by atoms with E-state index in [1.807, 2.05) is 29.6 Å². The van der Waals surface area contributed by atoms with E-state index in [1.165, 1.54) is 0 Å². The van der Waals surface area contributed by atoms with Gasteiger partial charge in [0, 0.05) is 24.2 Å². The first-order valence-corrected chi connectivity index (χ1v) is 6.76. The van der Waals surface area contributed by atoms with Gasteiger partial charge < -0.3 is 15.4 Å². The first-order valence-electron chi connectivity index (χ1n) is 5.82. The molecule has 5 nitrogen and oxygen atoms in total. The summed E-state index contributed by atoms with van der Waals surface area (Å²) >= 11 is 1.57. The molecule has 0 aliphatic heterocycles. The summed E-state index contributed by atoms with van der Waals surface area (Å²) in [5.41, 5.74) is 3.74. The maximum Gasteiger partial charge on any atom is 0.257 e. The molecular weight excluding hydrogens is 262 g/mol. The number of hydrogen-bond acceptors (Lipinski definition) is 5. The Hall–Kier alpha value is -2.08. The summed E-state index contributed by atoms with van der Waals surface area (Å²) in [5, 5.41) is 7.76. The van der Waals surface area contributed by atoms with E-state index in [-0.39, 0.29) is 12.5 Å². The quantitative estimate of drug-likeness (QED) is 0.846. The van der Waals surface area contributed by atoms with Crippen molar-refractivity contribution in [3.8, 4) is 5.75 Å². The van der Waals surface area contributed by atoms with E-state index in [4.69, 9.17) is 4.74 Å². The molecule has 6 heteroatoms. The molecule has 0 spiro atoms. The molecule has 1 aromatic carbocycles. The summed E-state index contributed by atoms with van der Waals surface area (Å²) in [6, 6.07) is 7.49. The van der Waals surface area contributed by atoms with Gasteiger partial charge in [-0.05, 0) is 12.1 Å². The Bertz CT molecular complexity index is 528. The van der Waals surface area contributed by atoms with Gasteiger partial charge in [0.1, 0.15) is 5.75 Å². The zero-order valence-electron chi connectivity index (χ0n) is 10.6. The lowest BCUT2D eigenvalue weighted by Crippen LogP contribution is -2.24. The Kier molecular flexibility index (Phi) is 4.74. The van der Waals surface area contributed by atoms with Crippen molar-refractivity contribution in [1.29, 1.82) is 0 Å². The molecule has 2 rings (SSSR count). The van der Waals surface area contributed by atoms with Gasteiger partial charge >= 0.3 is 0 Å². The smallest absolute Gasteiger partial charge is 0.257 e. The van der Waals surface area contributed by atoms with Crippen LogP contribution in [0.15, 0.2) is 35.2 Å². The molecule has 2 aromatic rings. The Morgan fingerprint density at radius 3 is 3.11 bits per heavy atom. The van der Waals surface area contributed by atoms with Gasteiger partial charge in [0.15, 0.2) is 6.61 Å². The molecule has 0 atom stereocenters. The van der Waals surface area contributed by atoms with Gasteiger partial charge in [-0.25, -0.2) is 4.98 Å². The summed E-state index contributed by atoms with van der Waals surface area (Å²) in [5.74, 6) is 0.507. The highest BCUT2D eigenvalue weighted by Gasteiger charge is 2.01. The minimum absolute atomic E-state index is 0.0199. The molecule has 2 N–H and O–H groups in total. The van der Waals surface area contributed by atoms with Crippen LogP contribution in [0.2, 0.25) is 0 Å². The molecule has 0 saturated carbocycles. The van der Waals surface area contributed by atoms with E-state index in [0.29, 0.717) is 12.3 Å². The largest absolute Gasteiger partial charge is 0.484 e. The SMILES string of the molecule is CNC(=O)COc1cccc(NCc2cscn2)c1. The van der Waals surface area contributed by atoms with Crippen molar-refractivity contribution in [2.45, 2.75) is 6.54 Å². The number of nitrogens with zero attached hydrogens (tertiary/aromatic N) is 1. The van der Waals surface area contributed by atoms with Crippen LogP contribution in [0.25, 0.3) is 0 Å². The van der Waals surface area contributed by atoms with Crippen molar-refractivity contribution in [1.82, 2.24) is 10.3 Å². The van der Waals surface area contributed by atoms with Gasteiger partial charge in [-0.1, -0.05) is 6.07 Å². The second-order valence-electron chi connectivity index (χ2n) is 3.82. The third kappa shape index (κ3) is 4.26. The molecule has 0 aliphatic carbocycles. The van der Waals surface area contributed by atoms with Crippen LogP contribution < -0.4 is 15.4 Å². The Balaban J connectivity index is 1.89. The highest BCUT2D eigenvalue weighted by Crippen LogP contribution is 2.18. The molecule has 0 radical (unpaired) electrons. The fraction of sp³-hybridized carbons (Fsp3) is 0.231. The van der Waals surface area contributed by atoms with Gasteiger partial charge in [-0.3, -0.25) is 4.79 Å². The molecule has 19 heavy (non-hydrogen) atoms. The fourth-order valence-corrected chi connectivity index (χ4v) is 1.99. The van der Waals surface area contributed by atoms with E-state index >= 15 is 0 Å². The summed E-state index contributed by atoms with van der Waals surface area (Å²) in [6.07, 6.45) is 0. The molecular formula is C13H15N3O2S. The van der Waals surface area contributed by atoms with E-state index in [2.05, 4.69) is 15.6 Å². The van der Waals surface area contributed by atoms with Crippen molar-refractivity contribution in [2.24, 2.45) is 0 Å². The van der Waals surface area contributed by atoms with Crippen molar-refractivity contribution < 1.29 is 9.53 Å². The summed E-state index contributed by atoms with van der Waals surface area (Å²) in [7, 11) is 1.58. The van der Waals surface area contributed by atoms with E-state index < -0.39 is 0 Å². The maximum absolute atomic E-state index is 11.1. The zero-order chi connectivity index (χ0) is 13.5. The van der Waals surface area contributed by atoms with Gasteiger partial charge in [0.25, 0.3) is 5.91 Å². The van der Waals surface area contributed by atoms with Gasteiger partial charge in [-0.15, -0.1) is 11.3 Å². The van der Waals surface area contributed by atoms with Crippen molar-refractivity contribution in [2.75, 3.05) is 19.0 Å². The second kappa shape index (κ2) is 6.75. The van der Waals surface area contributed by atoms with Gasteiger partial charge in [0.2, 0.25) is 0 Å². The van der Waals surface area contributed by atoms with Crippen molar-refractivity contribution in [3.05, 3.63) is 40.8 Å². The van der Waals surface area contributed by atoms with Crippen LogP contribution in [0.5, 0.6) is 5.75 Å². The number of likely N-dealkylation sites (N-methyl/N-ethyl adjacent to an activating group) is 1. The molecule has 1 heterocycles. The second-order valence-corrected chi connectivity index (χ2v) is 4.54. The van der Waals surface area contributed by atoms with Crippen LogP contribution in [0.1, 0.15) is 5.69 Å². The number of aromatic nitrogens is 1. The van der Waals surface area contributed by atoms with E-state index in [0.717, 1.165) is 11.4 Å². The number of nitrogens with one attached hydrogen (secondary N) is 2. The third-order valence-corrected chi connectivity index (χ3v) is 3.08. The van der Waals surface area contributed by atoms with Crippen molar-refractivity contribution in [3.63, 3.8) is 0 Å². The summed E-state index contributed by atoms with van der Waals surface area (Å²) in [6.45, 7) is 0.689. The first-order chi connectivity index (χ1) is 9.28. The highest BCUT2D eigenvalue weighted by molar-refractivity contribution is 7.07. The fourth-order valence-electron chi connectivity index (χ4n) is 1.43. The molecule has 1 amide bonds. The first kappa shape index (κ1) is 13.4. The average molecular weight is 277 g/mol. The summed E-state index contributed by atoms with van der Waals surface area (Å²) < 4.78 is 5.37. The molecule has 0 saturated heterocycles. The Morgan fingerprint density at radius 2 is 2.37 bits per heavy atom. The van der Waals surface area contributed by atoms with E-state index in [9.17, 15) is 4.79 Å². The molecule has 0 unspecified atom stereocenters. The zero-order valence-corrected chi connectivity index (χ0v) is 11.4. The number of benzene rings is 1. The molecule has 100 valence electrons. The lowest BCUT2D eigenvalue weighted by atomic mass is 10.3. The van der Waals surface area contributed by atoms with Gasteiger partial charge in [0.05, 0.1) is 17.7 Å².